The van der Waals surface area contributed by atoms with Crippen LogP contribution in [0.5, 0.6) is 0 Å². The average molecular weight is 519 g/mol. The zero-order chi connectivity index (χ0) is 27.7. The lowest BCUT2D eigenvalue weighted by Gasteiger charge is -2.25. The van der Waals surface area contributed by atoms with Crippen LogP contribution in [0.3, 0.4) is 0 Å². The molecular weight excluding hydrogens is 492 g/mol. The highest BCUT2D eigenvalue weighted by atomic mass is 16.4. The van der Waals surface area contributed by atoms with Crippen molar-refractivity contribution in [1.29, 1.82) is 0 Å². The van der Waals surface area contributed by atoms with E-state index in [2.05, 4.69) is 88.6 Å². The zero-order valence-corrected chi connectivity index (χ0v) is 21.7. The summed E-state index contributed by atoms with van der Waals surface area (Å²) in [7, 11) is 0. The highest BCUT2D eigenvalue weighted by molar-refractivity contribution is 5.94. The van der Waals surface area contributed by atoms with E-state index in [9.17, 15) is 9.90 Å². The first kappa shape index (κ1) is 26.0. The number of anilines is 3. The molecule has 192 valence electrons. The van der Waals surface area contributed by atoms with E-state index in [4.69, 9.17) is 6.57 Å². The Balaban J connectivity index is 1.51. The van der Waals surface area contributed by atoms with E-state index < -0.39 is 5.97 Å². The number of para-hydroxylation sites is 1. The Morgan fingerprint density at radius 2 is 0.975 bits per heavy atom. The van der Waals surface area contributed by atoms with Gasteiger partial charge < -0.3 is 10.0 Å². The van der Waals surface area contributed by atoms with Gasteiger partial charge in [0.15, 0.2) is 0 Å². The van der Waals surface area contributed by atoms with Gasteiger partial charge in [-0.25, -0.2) is 4.85 Å². The van der Waals surface area contributed by atoms with Gasteiger partial charge in [-0.3, -0.25) is 4.79 Å². The van der Waals surface area contributed by atoms with Gasteiger partial charge in [0.25, 0.3) is 5.70 Å². The predicted octanol–water partition coefficient (Wildman–Crippen LogP) is 9.09. The molecular formula is C36H26N2O2. The topological polar surface area (TPSA) is 44.9 Å². The van der Waals surface area contributed by atoms with E-state index >= 15 is 0 Å². The number of hydrogen-bond donors (Lipinski definition) is 1. The van der Waals surface area contributed by atoms with Gasteiger partial charge >= 0.3 is 5.97 Å². The number of hydrogen-bond acceptors (Lipinski definition) is 2. The van der Waals surface area contributed by atoms with Crippen LogP contribution in [0, 0.1) is 6.57 Å². The second-order valence-corrected chi connectivity index (χ2v) is 9.09. The number of rotatable bonds is 8. The quantitative estimate of drug-likeness (QED) is 0.127. The molecule has 0 saturated carbocycles. The molecule has 0 aliphatic carbocycles. The fourth-order valence-corrected chi connectivity index (χ4v) is 4.50. The molecule has 5 aromatic rings. The van der Waals surface area contributed by atoms with Crippen molar-refractivity contribution in [3.63, 3.8) is 0 Å². The molecule has 0 spiro atoms. The summed E-state index contributed by atoms with van der Waals surface area (Å²) in [5, 5.41) is 9.19. The number of aliphatic carboxylic acids is 1. The first-order chi connectivity index (χ1) is 19.6. The molecule has 0 aromatic heterocycles. The van der Waals surface area contributed by atoms with Crippen molar-refractivity contribution in [2.75, 3.05) is 4.90 Å². The standard InChI is InChI=1S/C36H26N2O2/c1-37-35(36(39)40)26-28-19-23-33(24-20-28)38(31-15-9-4-10-16-31)32-21-17-27(18-22-32)25-34(29-11-5-2-6-12-29)30-13-7-3-8-14-30/h2-26H,(H,39,40). The predicted molar refractivity (Wildman–Crippen MR) is 163 cm³/mol. The highest BCUT2D eigenvalue weighted by Crippen LogP contribution is 2.35. The second-order valence-electron chi connectivity index (χ2n) is 9.09. The maximum Gasteiger partial charge on any atom is 0.333 e. The minimum absolute atomic E-state index is 0.318. The van der Waals surface area contributed by atoms with Crippen molar-refractivity contribution in [3.05, 3.63) is 179 Å². The molecule has 4 nitrogen and oxygen atoms in total. The average Bonchev–Trinajstić information content (AvgIpc) is 3.01. The number of benzene rings is 5. The van der Waals surface area contributed by atoms with E-state index in [1.807, 2.05) is 66.7 Å². The molecule has 0 atom stereocenters. The number of carboxylic acids is 1. The molecule has 0 saturated heterocycles. The molecule has 0 fully saturated rings. The summed E-state index contributed by atoms with van der Waals surface area (Å²) in [6.45, 7) is 7.10. The third-order valence-corrected chi connectivity index (χ3v) is 6.44. The largest absolute Gasteiger partial charge is 0.486 e. The zero-order valence-electron chi connectivity index (χ0n) is 21.7. The molecule has 5 aromatic carbocycles. The highest BCUT2D eigenvalue weighted by Gasteiger charge is 2.13. The van der Waals surface area contributed by atoms with Crippen LogP contribution in [0.25, 0.3) is 22.6 Å². The Kier molecular flexibility index (Phi) is 7.96. The molecule has 5 rings (SSSR count). The summed E-state index contributed by atoms with van der Waals surface area (Å²) in [4.78, 5) is 16.5. The van der Waals surface area contributed by atoms with Crippen LogP contribution in [-0.4, -0.2) is 11.1 Å². The van der Waals surface area contributed by atoms with Crippen LogP contribution in [0.4, 0.5) is 17.1 Å². The SMILES string of the molecule is [C-]#[N+]C(=Cc1ccc(N(c2ccccc2)c2ccc(C=C(c3ccccc3)c3ccccc3)cc2)cc1)C(=O)O. The van der Waals surface area contributed by atoms with Crippen LogP contribution >= 0.6 is 0 Å². The Bertz CT molecular complexity index is 1640. The lowest BCUT2D eigenvalue weighted by molar-refractivity contribution is -0.132. The van der Waals surface area contributed by atoms with Gasteiger partial charge in [-0.15, -0.1) is 0 Å². The Morgan fingerprint density at radius 1 is 0.575 bits per heavy atom. The molecule has 0 heterocycles. The number of carboxylic acid groups (broad SMARTS) is 1. The van der Waals surface area contributed by atoms with Gasteiger partial charge in [-0.05, 0) is 76.4 Å². The van der Waals surface area contributed by atoms with Crippen LogP contribution in [0.2, 0.25) is 0 Å². The summed E-state index contributed by atoms with van der Waals surface area (Å²) in [6, 6.07) is 46.8. The summed E-state index contributed by atoms with van der Waals surface area (Å²) >= 11 is 0. The molecule has 0 amide bonds. The van der Waals surface area contributed by atoms with Gasteiger partial charge in [0, 0.05) is 17.1 Å². The van der Waals surface area contributed by atoms with Crippen LogP contribution in [0.1, 0.15) is 22.3 Å². The fourth-order valence-electron chi connectivity index (χ4n) is 4.50. The molecule has 0 radical (unpaired) electrons. The fraction of sp³-hybridized carbons (Fsp3) is 0. The van der Waals surface area contributed by atoms with E-state index in [0.717, 1.165) is 39.3 Å². The van der Waals surface area contributed by atoms with Crippen LogP contribution in [-0.2, 0) is 4.79 Å². The van der Waals surface area contributed by atoms with Crippen LogP contribution < -0.4 is 4.90 Å². The van der Waals surface area contributed by atoms with Crippen molar-refractivity contribution in [2.45, 2.75) is 0 Å². The molecule has 1 N–H and O–H groups in total. The summed E-state index contributed by atoms with van der Waals surface area (Å²) in [5.74, 6) is -1.23. The third kappa shape index (κ3) is 6.07. The second kappa shape index (κ2) is 12.3. The molecule has 0 bridgehead atoms. The first-order valence-corrected chi connectivity index (χ1v) is 12.8. The summed E-state index contributed by atoms with van der Waals surface area (Å²) in [5.41, 5.74) is 7.78. The van der Waals surface area contributed by atoms with Crippen molar-refractivity contribution in [2.24, 2.45) is 0 Å². The summed E-state index contributed by atoms with van der Waals surface area (Å²) < 4.78 is 0. The van der Waals surface area contributed by atoms with E-state index in [0.29, 0.717) is 5.56 Å². The van der Waals surface area contributed by atoms with Gasteiger partial charge in [0.2, 0.25) is 0 Å². The van der Waals surface area contributed by atoms with E-state index in [1.165, 1.54) is 6.08 Å². The maximum absolute atomic E-state index is 11.2. The normalized spacial score (nSPS) is 10.8. The van der Waals surface area contributed by atoms with Gasteiger partial charge in [-0.1, -0.05) is 103 Å². The van der Waals surface area contributed by atoms with Crippen molar-refractivity contribution in [1.82, 2.24) is 0 Å². The minimum atomic E-state index is -1.23. The smallest absolute Gasteiger partial charge is 0.333 e. The van der Waals surface area contributed by atoms with Crippen LogP contribution in [0.15, 0.2) is 145 Å². The molecule has 0 aliphatic heterocycles. The molecule has 0 unspecified atom stereocenters. The van der Waals surface area contributed by atoms with E-state index in [-0.39, 0.29) is 5.70 Å². The van der Waals surface area contributed by atoms with Crippen molar-refractivity contribution >= 4 is 40.8 Å². The monoisotopic (exact) mass is 518 g/mol. The molecule has 0 aliphatic rings. The number of nitrogens with zero attached hydrogens (tertiary/aromatic N) is 2. The minimum Gasteiger partial charge on any atom is -0.486 e. The van der Waals surface area contributed by atoms with Crippen molar-refractivity contribution in [3.8, 4) is 0 Å². The van der Waals surface area contributed by atoms with E-state index in [1.54, 1.807) is 0 Å². The Hall–Kier alpha value is -5.66. The van der Waals surface area contributed by atoms with Gasteiger partial charge in [0.1, 0.15) is 0 Å². The maximum atomic E-state index is 11.2. The van der Waals surface area contributed by atoms with Gasteiger partial charge in [-0.2, -0.15) is 0 Å². The summed E-state index contributed by atoms with van der Waals surface area (Å²) in [6.07, 6.45) is 3.59. The Morgan fingerprint density at radius 3 is 1.40 bits per heavy atom. The van der Waals surface area contributed by atoms with Gasteiger partial charge in [0.05, 0.1) is 6.57 Å². The lowest BCUT2D eigenvalue weighted by Crippen LogP contribution is -2.09. The Labute approximate surface area is 234 Å². The number of carbonyl (C=O) groups is 1. The lowest BCUT2D eigenvalue weighted by atomic mass is 9.95. The van der Waals surface area contributed by atoms with Crippen molar-refractivity contribution < 1.29 is 9.90 Å². The first-order valence-electron chi connectivity index (χ1n) is 12.8. The molecule has 40 heavy (non-hydrogen) atoms. The molecule has 4 heteroatoms. The third-order valence-electron chi connectivity index (χ3n) is 6.44.